The molecule has 2 aliphatic heterocycles. The normalized spacial score (nSPS) is 24.6. The van der Waals surface area contributed by atoms with E-state index in [2.05, 4.69) is 40.6 Å². The van der Waals surface area contributed by atoms with Crippen LogP contribution in [0, 0.1) is 0 Å². The first-order valence-electron chi connectivity index (χ1n) is 11.0. The van der Waals surface area contributed by atoms with Crippen LogP contribution >= 0.6 is 0 Å². The number of hydrogen-bond acceptors (Lipinski definition) is 5. The molecule has 0 radical (unpaired) electrons. The Morgan fingerprint density at radius 1 is 0.931 bits per heavy atom. The number of amidine groups is 1. The Bertz CT molecular complexity index is 868. The molecule has 0 unspecified atom stereocenters. The van der Waals surface area contributed by atoms with E-state index in [1.807, 2.05) is 12.3 Å². The van der Waals surface area contributed by atoms with Gasteiger partial charge in [-0.1, -0.05) is 24.3 Å². The van der Waals surface area contributed by atoms with E-state index in [0.717, 1.165) is 75.6 Å². The summed E-state index contributed by atoms with van der Waals surface area (Å²) in [5, 5.41) is 3.68. The lowest BCUT2D eigenvalue weighted by atomic mass is 9.91. The lowest BCUT2D eigenvalue weighted by molar-refractivity contribution is 0.0827. The fraction of sp³-hybridized carbons (Fsp3) is 0.500. The van der Waals surface area contributed by atoms with Crippen LogP contribution < -0.4 is 10.1 Å². The summed E-state index contributed by atoms with van der Waals surface area (Å²) < 4.78 is 11.9. The lowest BCUT2D eigenvalue weighted by Gasteiger charge is -2.31. The van der Waals surface area contributed by atoms with Crippen molar-refractivity contribution in [1.29, 1.82) is 0 Å². The summed E-state index contributed by atoms with van der Waals surface area (Å²) in [5.41, 5.74) is 3.69. The number of pyridine rings is 1. The number of nitrogens with one attached hydrogen (secondary N) is 1. The number of benzene rings is 1. The van der Waals surface area contributed by atoms with Gasteiger partial charge < -0.3 is 14.8 Å². The molecule has 5 nitrogen and oxygen atoms in total. The van der Waals surface area contributed by atoms with Gasteiger partial charge in [0.25, 0.3) is 0 Å². The Morgan fingerprint density at radius 3 is 2.59 bits per heavy atom. The monoisotopic (exact) mass is 391 g/mol. The third kappa shape index (κ3) is 4.30. The number of fused-ring (bicyclic) bond motifs is 1. The van der Waals surface area contributed by atoms with Crippen molar-refractivity contribution in [3.8, 4) is 5.88 Å². The second-order valence-electron chi connectivity index (χ2n) is 8.38. The lowest BCUT2D eigenvalue weighted by Crippen LogP contribution is -2.39. The molecule has 152 valence electrons. The fourth-order valence-corrected chi connectivity index (χ4v) is 4.76. The molecular formula is C24H29N3O2. The van der Waals surface area contributed by atoms with Crippen molar-refractivity contribution in [2.75, 3.05) is 13.2 Å². The van der Waals surface area contributed by atoms with Crippen LogP contribution in [-0.4, -0.2) is 36.2 Å². The van der Waals surface area contributed by atoms with Gasteiger partial charge in [-0.15, -0.1) is 0 Å². The van der Waals surface area contributed by atoms with Crippen molar-refractivity contribution in [3.63, 3.8) is 0 Å². The molecule has 5 heteroatoms. The molecule has 1 N–H and O–H groups in total. The predicted molar refractivity (Wildman–Crippen MR) is 114 cm³/mol. The van der Waals surface area contributed by atoms with Crippen LogP contribution in [0.2, 0.25) is 0 Å². The molecule has 2 aromatic rings. The minimum Gasteiger partial charge on any atom is -0.474 e. The first-order chi connectivity index (χ1) is 14.3. The average Bonchev–Trinajstić information content (AvgIpc) is 3.18. The number of nitrogens with zero attached hydrogens (tertiary/aromatic N) is 2. The summed E-state index contributed by atoms with van der Waals surface area (Å²) in [5.74, 6) is 2.46. The van der Waals surface area contributed by atoms with Gasteiger partial charge in [0.15, 0.2) is 0 Å². The van der Waals surface area contributed by atoms with Gasteiger partial charge in [0, 0.05) is 37.4 Å². The summed E-state index contributed by atoms with van der Waals surface area (Å²) in [4.78, 5) is 9.33. The number of ether oxygens (including phenoxy) is 2. The maximum absolute atomic E-state index is 6.40. The topological polar surface area (TPSA) is 55.7 Å². The molecule has 29 heavy (non-hydrogen) atoms. The van der Waals surface area contributed by atoms with E-state index in [1.54, 1.807) is 0 Å². The molecule has 3 aliphatic rings. The number of para-hydroxylation sites is 1. The van der Waals surface area contributed by atoms with E-state index in [0.29, 0.717) is 12.0 Å². The highest BCUT2D eigenvalue weighted by Crippen LogP contribution is 2.34. The van der Waals surface area contributed by atoms with Crippen LogP contribution in [0.25, 0.3) is 0 Å². The van der Waals surface area contributed by atoms with Crippen molar-refractivity contribution < 1.29 is 9.47 Å². The van der Waals surface area contributed by atoms with E-state index < -0.39 is 0 Å². The molecular weight excluding hydrogens is 362 g/mol. The molecule has 3 heterocycles. The van der Waals surface area contributed by atoms with Crippen molar-refractivity contribution >= 4 is 11.5 Å². The Labute approximate surface area is 172 Å². The van der Waals surface area contributed by atoms with Gasteiger partial charge in [-0.05, 0) is 62.1 Å². The van der Waals surface area contributed by atoms with Gasteiger partial charge in [-0.25, -0.2) is 9.98 Å². The molecule has 1 aliphatic carbocycles. The summed E-state index contributed by atoms with van der Waals surface area (Å²) in [6, 6.07) is 13.1. The molecule has 1 aromatic heterocycles. The van der Waals surface area contributed by atoms with Gasteiger partial charge in [0.1, 0.15) is 11.9 Å². The van der Waals surface area contributed by atoms with Crippen LogP contribution in [-0.2, 0) is 11.2 Å². The standard InChI is InChI=1S/C24H29N3O2/c1-2-6-22-18(4-1)16-23(27-22)26-19-7-9-20(10-8-19)29-24-21(5-3-13-25-24)17-11-14-28-15-12-17/h1-6,13,17,19-20H,7-12,14-16H2,(H,26,27)/t19-,20-. The second-order valence-corrected chi connectivity index (χ2v) is 8.38. The van der Waals surface area contributed by atoms with E-state index in [9.17, 15) is 0 Å². The third-order valence-corrected chi connectivity index (χ3v) is 6.39. The Hall–Kier alpha value is -2.40. The second kappa shape index (κ2) is 8.54. The molecule has 0 atom stereocenters. The van der Waals surface area contributed by atoms with Gasteiger partial charge in [0.2, 0.25) is 5.88 Å². The molecule has 1 saturated heterocycles. The maximum atomic E-state index is 6.40. The smallest absolute Gasteiger partial charge is 0.217 e. The fourth-order valence-electron chi connectivity index (χ4n) is 4.76. The van der Waals surface area contributed by atoms with Crippen LogP contribution in [0.3, 0.4) is 0 Å². The van der Waals surface area contributed by atoms with Gasteiger partial charge in [-0.2, -0.15) is 0 Å². The molecule has 0 spiro atoms. The summed E-state index contributed by atoms with van der Waals surface area (Å²) in [7, 11) is 0. The first kappa shape index (κ1) is 18.6. The highest BCUT2D eigenvalue weighted by Gasteiger charge is 2.27. The number of aromatic nitrogens is 1. The van der Waals surface area contributed by atoms with Crippen molar-refractivity contribution in [2.45, 2.75) is 63.0 Å². The van der Waals surface area contributed by atoms with E-state index in [4.69, 9.17) is 14.5 Å². The molecule has 1 aromatic carbocycles. The third-order valence-electron chi connectivity index (χ3n) is 6.39. The summed E-state index contributed by atoms with van der Waals surface area (Å²) in [6.45, 7) is 1.67. The predicted octanol–water partition coefficient (Wildman–Crippen LogP) is 4.54. The maximum Gasteiger partial charge on any atom is 0.217 e. The molecule has 0 amide bonds. The van der Waals surface area contributed by atoms with Gasteiger partial charge in [-0.3, -0.25) is 0 Å². The zero-order chi connectivity index (χ0) is 19.5. The van der Waals surface area contributed by atoms with Crippen molar-refractivity contribution in [2.24, 2.45) is 4.99 Å². The van der Waals surface area contributed by atoms with Gasteiger partial charge >= 0.3 is 0 Å². The summed E-state index contributed by atoms with van der Waals surface area (Å²) in [6.07, 6.45) is 9.48. The van der Waals surface area contributed by atoms with E-state index in [1.165, 1.54) is 11.1 Å². The van der Waals surface area contributed by atoms with Gasteiger partial charge in [0.05, 0.1) is 5.69 Å². The molecule has 5 rings (SSSR count). The van der Waals surface area contributed by atoms with Crippen LogP contribution in [0.15, 0.2) is 47.6 Å². The molecule has 2 fully saturated rings. The minimum absolute atomic E-state index is 0.254. The number of aliphatic imine (C=N–C) groups is 1. The van der Waals surface area contributed by atoms with Crippen LogP contribution in [0.1, 0.15) is 55.6 Å². The highest BCUT2D eigenvalue weighted by molar-refractivity contribution is 5.92. The average molecular weight is 392 g/mol. The zero-order valence-electron chi connectivity index (χ0n) is 16.8. The van der Waals surface area contributed by atoms with Crippen molar-refractivity contribution in [1.82, 2.24) is 10.3 Å². The van der Waals surface area contributed by atoms with E-state index >= 15 is 0 Å². The summed E-state index contributed by atoms with van der Waals surface area (Å²) >= 11 is 0. The quantitative estimate of drug-likeness (QED) is 0.831. The Morgan fingerprint density at radius 2 is 1.76 bits per heavy atom. The highest BCUT2D eigenvalue weighted by atomic mass is 16.5. The Balaban J connectivity index is 1.15. The largest absolute Gasteiger partial charge is 0.474 e. The van der Waals surface area contributed by atoms with Crippen molar-refractivity contribution in [3.05, 3.63) is 53.7 Å². The number of hydrogen-bond donors (Lipinski definition) is 1. The molecule has 0 bridgehead atoms. The zero-order valence-corrected chi connectivity index (χ0v) is 16.8. The first-order valence-corrected chi connectivity index (χ1v) is 11.0. The van der Waals surface area contributed by atoms with Crippen LogP contribution in [0.5, 0.6) is 5.88 Å². The minimum atomic E-state index is 0.254. The Kier molecular flexibility index (Phi) is 5.48. The SMILES string of the molecule is c1ccc2c(c1)CC(N[C@H]1CC[C@H](Oc3ncccc3C3CCOCC3)CC1)=N2. The van der Waals surface area contributed by atoms with E-state index in [-0.39, 0.29) is 6.10 Å². The van der Waals surface area contributed by atoms with Crippen LogP contribution in [0.4, 0.5) is 5.69 Å². The number of rotatable bonds is 4. The molecule has 1 saturated carbocycles.